The minimum Gasteiger partial charge on any atom is -0.445 e. The zero-order valence-corrected chi connectivity index (χ0v) is 30.1. The van der Waals surface area contributed by atoms with E-state index in [0.717, 1.165) is 16.6 Å². The normalized spacial score (nSPS) is 20.7. The highest BCUT2D eigenvalue weighted by Crippen LogP contribution is 2.37. The van der Waals surface area contributed by atoms with Crippen molar-refractivity contribution in [3.05, 3.63) is 65.7 Å². The molecule has 3 amide bonds. The van der Waals surface area contributed by atoms with Crippen LogP contribution in [0.5, 0.6) is 0 Å². The van der Waals surface area contributed by atoms with Crippen molar-refractivity contribution < 1.29 is 37.9 Å². The third-order valence-corrected chi connectivity index (χ3v) is 8.61. The summed E-state index contributed by atoms with van der Waals surface area (Å²) in [7, 11) is -0.549. The summed E-state index contributed by atoms with van der Waals surface area (Å²) in [6.07, 6.45) is -1.23. The van der Waals surface area contributed by atoms with Crippen LogP contribution in [0, 0.1) is 0 Å². The Morgan fingerprint density at radius 2 is 1.42 bits per heavy atom. The Morgan fingerprint density at radius 3 is 1.98 bits per heavy atom. The van der Waals surface area contributed by atoms with Crippen molar-refractivity contribution in [3.8, 4) is 0 Å². The predicted octanol–water partition coefficient (Wildman–Crippen LogP) is 6.20. The number of hydrogen-bond acceptors (Lipinski definition) is 8. The van der Waals surface area contributed by atoms with Gasteiger partial charge in [-0.15, -0.1) is 0 Å². The van der Waals surface area contributed by atoms with Crippen molar-refractivity contribution in [1.82, 2.24) is 15.1 Å². The number of amides is 3. The quantitative estimate of drug-likeness (QED) is 0.275. The number of carbonyl (C=O) groups is 3. The zero-order valence-electron chi connectivity index (χ0n) is 30.1. The van der Waals surface area contributed by atoms with Gasteiger partial charge in [0.2, 0.25) is 0 Å². The SMILES string of the molecule is CC(C)(C)OC(=O)NCC[C@@H]1CN(C(=O)OC(C)(C)C)C[C@@H](c2ccc(B3OC(C)(C)C(C)(C)O3)cc2)N1C(=O)OCc1ccccc1. The van der Waals surface area contributed by atoms with Crippen LogP contribution in [0.15, 0.2) is 54.6 Å². The number of hydrogen-bond donors (Lipinski definition) is 1. The maximum Gasteiger partial charge on any atom is 0.494 e. The molecule has 2 aliphatic heterocycles. The summed E-state index contributed by atoms with van der Waals surface area (Å²) in [5.41, 5.74) is 0.133. The molecule has 4 rings (SSSR count). The van der Waals surface area contributed by atoms with E-state index < -0.39 is 59.9 Å². The van der Waals surface area contributed by atoms with Crippen LogP contribution in [-0.4, -0.2) is 83.3 Å². The molecule has 262 valence electrons. The molecule has 2 aromatic carbocycles. The molecule has 2 aromatic rings. The van der Waals surface area contributed by atoms with Crippen LogP contribution >= 0.6 is 0 Å². The molecule has 48 heavy (non-hydrogen) atoms. The lowest BCUT2D eigenvalue weighted by Crippen LogP contribution is -2.59. The van der Waals surface area contributed by atoms with Gasteiger partial charge in [-0.2, -0.15) is 0 Å². The third-order valence-electron chi connectivity index (χ3n) is 8.61. The molecular formula is C36H52BN3O8. The fourth-order valence-corrected chi connectivity index (χ4v) is 5.52. The number of nitrogens with one attached hydrogen (secondary N) is 1. The number of piperazine rings is 1. The third kappa shape index (κ3) is 9.66. The Balaban J connectivity index is 1.64. The van der Waals surface area contributed by atoms with Gasteiger partial charge < -0.3 is 33.7 Å². The van der Waals surface area contributed by atoms with Crippen LogP contribution in [0.25, 0.3) is 0 Å². The van der Waals surface area contributed by atoms with E-state index in [0.29, 0.717) is 6.42 Å². The standard InChI is InChI=1S/C36H52BN3O8/c1-33(2,3)45-30(41)38-21-20-28-22-39(31(42)46-34(4,5)6)23-29(40(28)32(43)44-24-25-14-12-11-13-15-25)26-16-18-27(19-17-26)37-47-35(7,8)36(9,10)48-37/h11-19,28-29H,20-24H2,1-10H3,(H,38,41)/t28-,29+/m1/s1. The summed E-state index contributed by atoms with van der Waals surface area (Å²) in [5.74, 6) is 0. The number of nitrogens with zero attached hydrogens (tertiary/aromatic N) is 2. The highest BCUT2D eigenvalue weighted by atomic mass is 16.7. The summed E-state index contributed by atoms with van der Waals surface area (Å²) in [6, 6.07) is 16.1. The fourth-order valence-electron chi connectivity index (χ4n) is 5.52. The number of ether oxygens (including phenoxy) is 3. The molecule has 11 nitrogen and oxygen atoms in total. The molecule has 0 unspecified atom stereocenters. The van der Waals surface area contributed by atoms with Crippen molar-refractivity contribution in [2.75, 3.05) is 19.6 Å². The Bertz CT molecular complexity index is 1400. The van der Waals surface area contributed by atoms with E-state index in [2.05, 4.69) is 5.32 Å². The van der Waals surface area contributed by atoms with E-state index in [4.69, 9.17) is 23.5 Å². The first-order valence-electron chi connectivity index (χ1n) is 16.6. The van der Waals surface area contributed by atoms with E-state index in [1.54, 1.807) is 30.6 Å². The smallest absolute Gasteiger partial charge is 0.445 e. The molecule has 0 saturated carbocycles. The second kappa shape index (κ2) is 14.4. The second-order valence-electron chi connectivity index (χ2n) is 15.5. The van der Waals surface area contributed by atoms with Crippen molar-refractivity contribution in [3.63, 3.8) is 0 Å². The molecule has 0 spiro atoms. The summed E-state index contributed by atoms with van der Waals surface area (Å²) in [4.78, 5) is 43.2. The number of carbonyl (C=O) groups excluding carboxylic acids is 3. The van der Waals surface area contributed by atoms with Crippen LogP contribution < -0.4 is 10.8 Å². The first-order valence-corrected chi connectivity index (χ1v) is 16.6. The minimum absolute atomic E-state index is 0.0857. The van der Waals surface area contributed by atoms with Gasteiger partial charge in [-0.25, -0.2) is 14.4 Å². The predicted molar refractivity (Wildman–Crippen MR) is 184 cm³/mol. The van der Waals surface area contributed by atoms with Gasteiger partial charge in [0.25, 0.3) is 0 Å². The van der Waals surface area contributed by atoms with E-state index >= 15 is 0 Å². The van der Waals surface area contributed by atoms with Crippen LogP contribution in [0.4, 0.5) is 14.4 Å². The second-order valence-corrected chi connectivity index (χ2v) is 15.5. The topological polar surface area (TPSA) is 116 Å². The molecule has 2 atom stereocenters. The van der Waals surface area contributed by atoms with Gasteiger partial charge in [-0.3, -0.25) is 4.90 Å². The fraction of sp³-hybridized carbons (Fsp3) is 0.583. The summed E-state index contributed by atoms with van der Waals surface area (Å²) < 4.78 is 29.6. The van der Waals surface area contributed by atoms with E-state index in [1.165, 1.54) is 0 Å². The molecule has 0 bridgehead atoms. The van der Waals surface area contributed by atoms with Gasteiger partial charge in [-0.05, 0) is 92.2 Å². The first kappa shape index (κ1) is 37.1. The van der Waals surface area contributed by atoms with Gasteiger partial charge in [0.05, 0.1) is 23.3 Å². The maximum atomic E-state index is 14.0. The van der Waals surface area contributed by atoms with Gasteiger partial charge in [0.1, 0.15) is 17.8 Å². The van der Waals surface area contributed by atoms with Crippen LogP contribution in [0.3, 0.4) is 0 Å². The van der Waals surface area contributed by atoms with E-state index in [9.17, 15) is 14.4 Å². The first-order chi connectivity index (χ1) is 22.2. The van der Waals surface area contributed by atoms with Gasteiger partial charge in [-0.1, -0.05) is 54.6 Å². The average Bonchev–Trinajstić information content (AvgIpc) is 3.20. The van der Waals surface area contributed by atoms with Crippen LogP contribution in [0.2, 0.25) is 0 Å². The maximum absolute atomic E-state index is 14.0. The molecule has 2 fully saturated rings. The number of rotatable bonds is 7. The summed E-state index contributed by atoms with van der Waals surface area (Å²) >= 11 is 0. The van der Waals surface area contributed by atoms with Gasteiger partial charge in [0, 0.05) is 19.6 Å². The van der Waals surface area contributed by atoms with Crippen molar-refractivity contribution >= 4 is 30.9 Å². The highest BCUT2D eigenvalue weighted by Gasteiger charge is 2.52. The Morgan fingerprint density at radius 1 is 0.833 bits per heavy atom. The molecule has 0 radical (unpaired) electrons. The molecular weight excluding hydrogens is 613 g/mol. The molecule has 0 aliphatic carbocycles. The summed E-state index contributed by atoms with van der Waals surface area (Å²) in [6.45, 7) is 19.5. The van der Waals surface area contributed by atoms with Crippen molar-refractivity contribution in [1.29, 1.82) is 0 Å². The van der Waals surface area contributed by atoms with Crippen LogP contribution in [-0.2, 0) is 30.1 Å². The number of benzene rings is 2. The Labute approximate surface area is 285 Å². The van der Waals surface area contributed by atoms with Gasteiger partial charge >= 0.3 is 25.4 Å². The van der Waals surface area contributed by atoms with E-state index in [-0.39, 0.29) is 26.2 Å². The van der Waals surface area contributed by atoms with Crippen molar-refractivity contribution in [2.45, 2.75) is 117 Å². The lowest BCUT2D eigenvalue weighted by molar-refractivity contribution is -0.0177. The van der Waals surface area contributed by atoms with Crippen LogP contribution in [0.1, 0.15) is 92.8 Å². The molecule has 0 aromatic heterocycles. The molecule has 2 saturated heterocycles. The molecule has 2 heterocycles. The minimum atomic E-state index is -0.712. The molecule has 1 N–H and O–H groups in total. The number of alkyl carbamates (subject to hydrolysis) is 1. The zero-order chi connectivity index (χ0) is 35.5. The summed E-state index contributed by atoms with van der Waals surface area (Å²) in [5, 5.41) is 2.79. The Hall–Kier alpha value is -3.77. The van der Waals surface area contributed by atoms with E-state index in [1.807, 2.05) is 103 Å². The molecule has 2 aliphatic rings. The van der Waals surface area contributed by atoms with Gasteiger partial charge in [0.15, 0.2) is 0 Å². The monoisotopic (exact) mass is 665 g/mol. The highest BCUT2D eigenvalue weighted by molar-refractivity contribution is 6.62. The lowest BCUT2D eigenvalue weighted by Gasteiger charge is -2.46. The molecule has 12 heteroatoms. The largest absolute Gasteiger partial charge is 0.494 e. The average molecular weight is 666 g/mol. The lowest BCUT2D eigenvalue weighted by atomic mass is 9.78. The van der Waals surface area contributed by atoms with Crippen molar-refractivity contribution in [2.24, 2.45) is 0 Å². The Kier molecular flexibility index (Phi) is 11.1.